The first-order chi connectivity index (χ1) is 6.66. The van der Waals surface area contributed by atoms with Crippen molar-refractivity contribution < 1.29 is 9.90 Å². The number of aliphatic carboxylic acids is 1. The fourth-order valence-electron chi connectivity index (χ4n) is 1.89. The highest BCUT2D eigenvalue weighted by molar-refractivity contribution is 6.28. The molecule has 2 rings (SSSR count). The van der Waals surface area contributed by atoms with E-state index in [1.807, 2.05) is 4.57 Å². The fraction of sp³-hybridized carbons (Fsp3) is 0.556. The van der Waals surface area contributed by atoms with Crippen molar-refractivity contribution in [2.75, 3.05) is 0 Å². The minimum atomic E-state index is -0.741. The lowest BCUT2D eigenvalue weighted by atomic mass is 9.95. The molecule has 1 aromatic rings. The van der Waals surface area contributed by atoms with Crippen LogP contribution in [-0.2, 0) is 17.8 Å². The molecule has 4 nitrogen and oxygen atoms in total. The maximum Gasteiger partial charge on any atom is 0.303 e. The highest BCUT2D eigenvalue weighted by atomic mass is 35.5. The second-order valence-electron chi connectivity index (χ2n) is 3.63. The predicted molar refractivity (Wildman–Crippen MR) is 51.3 cm³/mol. The van der Waals surface area contributed by atoms with Gasteiger partial charge in [0.15, 0.2) is 0 Å². The second-order valence-corrected chi connectivity index (χ2v) is 3.97. The number of hydrogen-bond acceptors (Lipinski definition) is 2. The van der Waals surface area contributed by atoms with E-state index in [2.05, 4.69) is 4.98 Å². The molecule has 2 heterocycles. The smallest absolute Gasteiger partial charge is 0.303 e. The monoisotopic (exact) mass is 214 g/mol. The van der Waals surface area contributed by atoms with Crippen molar-refractivity contribution in [2.24, 2.45) is 5.92 Å². The summed E-state index contributed by atoms with van der Waals surface area (Å²) in [4.78, 5) is 14.5. The third-order valence-corrected chi connectivity index (χ3v) is 2.90. The molecule has 1 aromatic heterocycles. The van der Waals surface area contributed by atoms with Crippen LogP contribution in [-0.4, -0.2) is 20.6 Å². The molecule has 1 aliphatic rings. The molecular weight excluding hydrogens is 204 g/mol. The molecule has 0 radical (unpaired) electrons. The van der Waals surface area contributed by atoms with E-state index in [9.17, 15) is 4.79 Å². The van der Waals surface area contributed by atoms with Crippen LogP contribution in [0.4, 0.5) is 0 Å². The summed E-state index contributed by atoms with van der Waals surface area (Å²) in [6, 6.07) is 0. The molecule has 0 aromatic carbocycles. The summed E-state index contributed by atoms with van der Waals surface area (Å²) >= 11 is 5.86. The Labute approximate surface area is 86.5 Å². The van der Waals surface area contributed by atoms with Crippen molar-refractivity contribution >= 4 is 17.6 Å². The van der Waals surface area contributed by atoms with Crippen LogP contribution >= 0.6 is 11.6 Å². The molecule has 0 spiro atoms. The van der Waals surface area contributed by atoms with E-state index in [1.165, 1.54) is 0 Å². The second kappa shape index (κ2) is 3.61. The number of carboxylic acids is 1. The molecule has 0 bridgehead atoms. The van der Waals surface area contributed by atoms with Crippen LogP contribution in [0, 0.1) is 5.92 Å². The third-order valence-electron chi connectivity index (χ3n) is 2.60. The lowest BCUT2D eigenvalue weighted by Gasteiger charge is -2.22. The van der Waals surface area contributed by atoms with E-state index >= 15 is 0 Å². The minimum Gasteiger partial charge on any atom is -0.481 e. The van der Waals surface area contributed by atoms with Gasteiger partial charge in [-0.1, -0.05) is 0 Å². The van der Waals surface area contributed by atoms with Gasteiger partial charge in [-0.25, -0.2) is 4.98 Å². The molecule has 5 heteroatoms. The first-order valence-corrected chi connectivity index (χ1v) is 4.96. The molecule has 0 saturated heterocycles. The zero-order valence-electron chi connectivity index (χ0n) is 7.61. The normalized spacial score (nSPS) is 20.5. The van der Waals surface area contributed by atoms with Gasteiger partial charge in [0.1, 0.15) is 0 Å². The Bertz CT molecular complexity index is 362. The van der Waals surface area contributed by atoms with E-state index < -0.39 is 5.97 Å². The van der Waals surface area contributed by atoms with Crippen LogP contribution in [0.25, 0.3) is 0 Å². The van der Waals surface area contributed by atoms with Crippen LogP contribution in [0.15, 0.2) is 6.20 Å². The molecule has 0 aliphatic carbocycles. The van der Waals surface area contributed by atoms with E-state index in [0.29, 0.717) is 11.8 Å². The maximum absolute atomic E-state index is 10.5. The molecule has 14 heavy (non-hydrogen) atoms. The topological polar surface area (TPSA) is 55.1 Å². The van der Waals surface area contributed by atoms with Crippen LogP contribution in [0.5, 0.6) is 0 Å². The SMILES string of the molecule is O=C(O)CC1CCc2cnc(Cl)n2C1. The van der Waals surface area contributed by atoms with Crippen LogP contribution < -0.4 is 0 Å². The molecule has 1 atom stereocenters. The maximum atomic E-state index is 10.5. The van der Waals surface area contributed by atoms with Gasteiger partial charge in [-0.2, -0.15) is 0 Å². The van der Waals surface area contributed by atoms with Gasteiger partial charge in [-0.15, -0.1) is 0 Å². The van der Waals surface area contributed by atoms with Crippen LogP contribution in [0.3, 0.4) is 0 Å². The Morgan fingerprint density at radius 1 is 1.79 bits per heavy atom. The van der Waals surface area contributed by atoms with Crippen molar-refractivity contribution in [1.29, 1.82) is 0 Å². The summed E-state index contributed by atoms with van der Waals surface area (Å²) in [5.74, 6) is -0.554. The number of nitrogens with zero attached hydrogens (tertiary/aromatic N) is 2. The fourth-order valence-corrected chi connectivity index (χ4v) is 2.12. The summed E-state index contributed by atoms with van der Waals surface area (Å²) in [6.07, 6.45) is 3.76. The summed E-state index contributed by atoms with van der Waals surface area (Å²) in [5.41, 5.74) is 1.11. The van der Waals surface area contributed by atoms with Crippen molar-refractivity contribution in [2.45, 2.75) is 25.8 Å². The molecule has 76 valence electrons. The molecule has 0 saturated carbocycles. The molecule has 0 fully saturated rings. The molecular formula is C9H11ClN2O2. The van der Waals surface area contributed by atoms with E-state index in [4.69, 9.17) is 16.7 Å². The van der Waals surface area contributed by atoms with Crippen molar-refractivity contribution in [3.05, 3.63) is 17.2 Å². The average molecular weight is 215 g/mol. The summed E-state index contributed by atoms with van der Waals surface area (Å²) < 4.78 is 1.90. The molecule has 1 N–H and O–H groups in total. The zero-order valence-corrected chi connectivity index (χ0v) is 8.37. The summed E-state index contributed by atoms with van der Waals surface area (Å²) in [6.45, 7) is 0.681. The van der Waals surface area contributed by atoms with Gasteiger partial charge in [-0.3, -0.25) is 4.79 Å². The molecule has 0 amide bonds. The van der Waals surface area contributed by atoms with Crippen molar-refractivity contribution in [1.82, 2.24) is 9.55 Å². The number of imidazole rings is 1. The Balaban J connectivity index is 2.12. The van der Waals surface area contributed by atoms with Gasteiger partial charge in [0.05, 0.1) is 0 Å². The lowest BCUT2D eigenvalue weighted by molar-refractivity contribution is -0.138. The van der Waals surface area contributed by atoms with Gasteiger partial charge in [0.2, 0.25) is 5.28 Å². The van der Waals surface area contributed by atoms with Gasteiger partial charge in [0, 0.05) is 24.9 Å². The van der Waals surface area contributed by atoms with Crippen LogP contribution in [0.1, 0.15) is 18.5 Å². The molecule has 1 aliphatic heterocycles. The number of fused-ring (bicyclic) bond motifs is 1. The molecule has 1 unspecified atom stereocenters. The first kappa shape index (κ1) is 9.52. The number of halogens is 1. The highest BCUT2D eigenvalue weighted by Gasteiger charge is 2.22. The number of aromatic nitrogens is 2. The average Bonchev–Trinajstić information content (AvgIpc) is 2.47. The summed E-state index contributed by atoms with van der Waals surface area (Å²) in [7, 11) is 0. The standard InChI is InChI=1S/C9H11ClN2O2/c10-9-11-4-7-2-1-6(3-8(13)14)5-12(7)9/h4,6H,1-3,5H2,(H,13,14). The van der Waals surface area contributed by atoms with Gasteiger partial charge >= 0.3 is 5.97 Å². The number of carboxylic acid groups (broad SMARTS) is 1. The number of rotatable bonds is 2. The van der Waals surface area contributed by atoms with Gasteiger partial charge < -0.3 is 9.67 Å². The van der Waals surface area contributed by atoms with Crippen LogP contribution in [0.2, 0.25) is 5.28 Å². The number of carbonyl (C=O) groups is 1. The van der Waals surface area contributed by atoms with Gasteiger partial charge in [-0.05, 0) is 30.4 Å². The Morgan fingerprint density at radius 3 is 3.29 bits per heavy atom. The number of hydrogen-bond donors (Lipinski definition) is 1. The van der Waals surface area contributed by atoms with Crippen molar-refractivity contribution in [3.8, 4) is 0 Å². The Hall–Kier alpha value is -1.03. The lowest BCUT2D eigenvalue weighted by Crippen LogP contribution is -2.22. The number of aryl methyl sites for hydroxylation is 1. The Morgan fingerprint density at radius 2 is 2.57 bits per heavy atom. The van der Waals surface area contributed by atoms with E-state index in [1.54, 1.807) is 6.20 Å². The minimum absolute atomic E-state index is 0.187. The Kier molecular flexibility index (Phi) is 2.46. The van der Waals surface area contributed by atoms with Crippen molar-refractivity contribution in [3.63, 3.8) is 0 Å². The highest BCUT2D eigenvalue weighted by Crippen LogP contribution is 2.25. The first-order valence-electron chi connectivity index (χ1n) is 4.58. The largest absolute Gasteiger partial charge is 0.481 e. The predicted octanol–water partition coefficient (Wildman–Crippen LogP) is 1.57. The van der Waals surface area contributed by atoms with E-state index in [0.717, 1.165) is 18.5 Å². The third kappa shape index (κ3) is 1.75. The zero-order chi connectivity index (χ0) is 10.1. The quantitative estimate of drug-likeness (QED) is 0.813. The van der Waals surface area contributed by atoms with Gasteiger partial charge in [0.25, 0.3) is 0 Å². The van der Waals surface area contributed by atoms with E-state index in [-0.39, 0.29) is 12.3 Å². The summed E-state index contributed by atoms with van der Waals surface area (Å²) in [5, 5.41) is 9.14.